The van der Waals surface area contributed by atoms with Crippen LogP contribution in [0.15, 0.2) is 18.2 Å². The molecule has 1 amide bonds. The molecule has 2 aliphatic rings. The summed E-state index contributed by atoms with van der Waals surface area (Å²) in [5, 5.41) is 0. The molecule has 0 saturated carbocycles. The predicted octanol–water partition coefficient (Wildman–Crippen LogP) is 3.86. The van der Waals surface area contributed by atoms with Gasteiger partial charge < -0.3 is 19.3 Å². The normalized spacial score (nSPS) is 18.2. The van der Waals surface area contributed by atoms with Crippen LogP contribution in [0.25, 0.3) is 4.85 Å². The van der Waals surface area contributed by atoms with E-state index in [4.69, 9.17) is 16.0 Å². The third-order valence-electron chi connectivity index (χ3n) is 5.40. The van der Waals surface area contributed by atoms with Crippen LogP contribution in [-0.4, -0.2) is 55.9 Å². The summed E-state index contributed by atoms with van der Waals surface area (Å²) in [6, 6.07) is 5.28. The average Bonchev–Trinajstić information content (AvgIpc) is 2.63. The van der Waals surface area contributed by atoms with E-state index in [0.29, 0.717) is 11.3 Å². The van der Waals surface area contributed by atoms with Crippen molar-refractivity contribution in [3.05, 3.63) is 35.2 Å². The summed E-state index contributed by atoms with van der Waals surface area (Å²) in [5.74, 6) is -0.494. The number of esters is 1. The van der Waals surface area contributed by atoms with E-state index in [-0.39, 0.29) is 11.5 Å². The van der Waals surface area contributed by atoms with Crippen molar-refractivity contribution >= 4 is 23.4 Å². The average molecular weight is 385 g/mol. The molecule has 0 radical (unpaired) electrons. The molecule has 1 spiro atoms. The molecule has 1 aromatic carbocycles. The first kappa shape index (κ1) is 20.0. The quantitative estimate of drug-likeness (QED) is 0.571. The standard InChI is InChI=1S/C21H27N3O4/c1-20(2,3)28-19(26)24-13-21(14-24)8-10-23(11-9-21)15-6-7-16(18(25)27-5)17(12-15)22-4/h6-7,12H,8-11,13-14H2,1-3,5H3. The molecule has 2 fully saturated rings. The molecule has 0 aromatic heterocycles. The van der Waals surface area contributed by atoms with Gasteiger partial charge in [-0.25, -0.2) is 14.4 Å². The van der Waals surface area contributed by atoms with Crippen molar-refractivity contribution in [1.29, 1.82) is 0 Å². The molecule has 1 aromatic rings. The van der Waals surface area contributed by atoms with Gasteiger partial charge in [0.05, 0.1) is 19.2 Å². The SMILES string of the molecule is [C-]#[N+]c1cc(N2CCC3(CC2)CN(C(=O)OC(C)(C)C)C3)ccc1C(=O)OC. The van der Waals surface area contributed by atoms with Gasteiger partial charge in [-0.1, -0.05) is 6.07 Å². The molecule has 2 aliphatic heterocycles. The molecular formula is C21H27N3O4. The third kappa shape index (κ3) is 4.06. The number of piperidine rings is 1. The molecule has 28 heavy (non-hydrogen) atoms. The van der Waals surface area contributed by atoms with Gasteiger partial charge in [-0.15, -0.1) is 0 Å². The molecule has 7 nitrogen and oxygen atoms in total. The topological polar surface area (TPSA) is 63.4 Å². The molecule has 0 unspecified atom stereocenters. The molecule has 150 valence electrons. The fourth-order valence-corrected chi connectivity index (χ4v) is 3.87. The smallest absolute Gasteiger partial charge is 0.410 e. The van der Waals surface area contributed by atoms with Crippen molar-refractivity contribution in [3.63, 3.8) is 0 Å². The lowest BCUT2D eigenvalue weighted by Gasteiger charge is -2.54. The number of methoxy groups -OCH3 is 1. The van der Waals surface area contributed by atoms with Crippen molar-refractivity contribution in [3.8, 4) is 0 Å². The van der Waals surface area contributed by atoms with Crippen LogP contribution in [0, 0.1) is 12.0 Å². The number of ether oxygens (including phenoxy) is 2. The van der Waals surface area contributed by atoms with Gasteiger partial charge >= 0.3 is 12.1 Å². The first-order chi connectivity index (χ1) is 13.2. The zero-order valence-electron chi connectivity index (χ0n) is 16.9. The van der Waals surface area contributed by atoms with Gasteiger partial charge in [0.1, 0.15) is 5.60 Å². The second-order valence-corrected chi connectivity index (χ2v) is 8.63. The van der Waals surface area contributed by atoms with E-state index >= 15 is 0 Å². The molecule has 2 saturated heterocycles. The van der Waals surface area contributed by atoms with Crippen LogP contribution in [0.2, 0.25) is 0 Å². The van der Waals surface area contributed by atoms with Crippen molar-refractivity contribution in [2.75, 3.05) is 38.2 Å². The number of rotatable bonds is 2. The summed E-state index contributed by atoms with van der Waals surface area (Å²) in [7, 11) is 1.31. The highest BCUT2D eigenvalue weighted by molar-refractivity contribution is 5.96. The van der Waals surface area contributed by atoms with Crippen LogP contribution in [0.3, 0.4) is 0 Å². The molecular weight excluding hydrogens is 358 g/mol. The molecule has 7 heteroatoms. The number of amides is 1. The van der Waals surface area contributed by atoms with Crippen LogP contribution < -0.4 is 4.90 Å². The van der Waals surface area contributed by atoms with Crippen molar-refractivity contribution in [1.82, 2.24) is 4.90 Å². The number of hydrogen-bond donors (Lipinski definition) is 0. The second-order valence-electron chi connectivity index (χ2n) is 8.63. The zero-order valence-corrected chi connectivity index (χ0v) is 16.9. The minimum atomic E-state index is -0.494. The van der Waals surface area contributed by atoms with E-state index in [1.807, 2.05) is 26.8 Å². The highest BCUT2D eigenvalue weighted by Gasteiger charge is 2.47. The highest BCUT2D eigenvalue weighted by Crippen LogP contribution is 2.42. The number of anilines is 1. The maximum absolute atomic E-state index is 12.2. The Kier molecular flexibility index (Phi) is 5.24. The number of carbonyl (C=O) groups is 2. The van der Waals surface area contributed by atoms with Crippen LogP contribution in [-0.2, 0) is 9.47 Å². The van der Waals surface area contributed by atoms with Gasteiger partial charge in [0.2, 0.25) is 5.69 Å². The first-order valence-electron chi connectivity index (χ1n) is 9.49. The summed E-state index contributed by atoms with van der Waals surface area (Å²) in [6.45, 7) is 16.2. The Morgan fingerprint density at radius 3 is 2.36 bits per heavy atom. The Morgan fingerprint density at radius 1 is 1.18 bits per heavy atom. The van der Waals surface area contributed by atoms with Gasteiger partial charge in [-0.05, 0) is 45.7 Å². The summed E-state index contributed by atoms with van der Waals surface area (Å²) in [5.41, 5.74) is 1.24. The van der Waals surface area contributed by atoms with E-state index in [2.05, 4.69) is 9.74 Å². The van der Waals surface area contributed by atoms with Crippen molar-refractivity contribution in [2.24, 2.45) is 5.41 Å². The number of carbonyl (C=O) groups excluding carboxylic acids is 2. The number of likely N-dealkylation sites (tertiary alicyclic amines) is 1. The summed E-state index contributed by atoms with van der Waals surface area (Å²) in [4.78, 5) is 31.4. The summed E-state index contributed by atoms with van der Waals surface area (Å²) in [6.07, 6.45) is 1.73. The maximum atomic E-state index is 12.2. The van der Waals surface area contributed by atoms with E-state index in [0.717, 1.165) is 44.7 Å². The van der Waals surface area contributed by atoms with Crippen LogP contribution in [0.4, 0.5) is 16.2 Å². The largest absolute Gasteiger partial charge is 0.466 e. The molecule has 3 rings (SSSR count). The minimum absolute atomic E-state index is 0.169. The van der Waals surface area contributed by atoms with Crippen LogP contribution >= 0.6 is 0 Å². The third-order valence-corrected chi connectivity index (χ3v) is 5.40. The van der Waals surface area contributed by atoms with E-state index < -0.39 is 11.6 Å². The summed E-state index contributed by atoms with van der Waals surface area (Å²) >= 11 is 0. The summed E-state index contributed by atoms with van der Waals surface area (Å²) < 4.78 is 10.2. The van der Waals surface area contributed by atoms with Gasteiger partial charge in [0, 0.05) is 37.3 Å². The van der Waals surface area contributed by atoms with Crippen LogP contribution in [0.1, 0.15) is 44.0 Å². The van der Waals surface area contributed by atoms with Gasteiger partial charge in [-0.3, -0.25) is 0 Å². The van der Waals surface area contributed by atoms with E-state index in [1.165, 1.54) is 7.11 Å². The number of nitrogens with zero attached hydrogens (tertiary/aromatic N) is 3. The van der Waals surface area contributed by atoms with Crippen LogP contribution in [0.5, 0.6) is 0 Å². The maximum Gasteiger partial charge on any atom is 0.410 e. The molecule has 0 atom stereocenters. The van der Waals surface area contributed by atoms with Gasteiger partial charge in [-0.2, -0.15) is 0 Å². The highest BCUT2D eigenvalue weighted by atomic mass is 16.6. The number of benzene rings is 1. The second kappa shape index (κ2) is 7.34. The Hall–Kier alpha value is -2.75. The Balaban J connectivity index is 1.59. The lowest BCUT2D eigenvalue weighted by atomic mass is 9.72. The molecule has 0 bridgehead atoms. The van der Waals surface area contributed by atoms with E-state index in [1.54, 1.807) is 17.0 Å². The lowest BCUT2D eigenvalue weighted by Crippen LogP contribution is -2.62. The Labute approximate surface area is 166 Å². The fraction of sp³-hybridized carbons (Fsp3) is 0.571. The fourth-order valence-electron chi connectivity index (χ4n) is 3.87. The Bertz CT molecular complexity index is 806. The van der Waals surface area contributed by atoms with Gasteiger partial charge in [0.25, 0.3) is 0 Å². The van der Waals surface area contributed by atoms with Crippen molar-refractivity contribution in [2.45, 2.75) is 39.2 Å². The number of hydrogen-bond acceptors (Lipinski definition) is 5. The van der Waals surface area contributed by atoms with Gasteiger partial charge in [0.15, 0.2) is 0 Å². The first-order valence-corrected chi connectivity index (χ1v) is 9.49. The van der Waals surface area contributed by atoms with E-state index in [9.17, 15) is 9.59 Å². The lowest BCUT2D eigenvalue weighted by molar-refractivity contribution is -0.0434. The predicted molar refractivity (Wildman–Crippen MR) is 106 cm³/mol. The molecule has 2 heterocycles. The minimum Gasteiger partial charge on any atom is -0.466 e. The molecule has 0 N–H and O–H groups in total. The molecule has 0 aliphatic carbocycles. The van der Waals surface area contributed by atoms with Crippen molar-refractivity contribution < 1.29 is 19.1 Å². The monoisotopic (exact) mass is 385 g/mol. The zero-order chi connectivity index (χ0) is 20.5. The Morgan fingerprint density at radius 2 is 1.82 bits per heavy atom.